The third kappa shape index (κ3) is 2.89. The van der Waals surface area contributed by atoms with E-state index in [0.29, 0.717) is 42.3 Å². The van der Waals surface area contributed by atoms with Crippen LogP contribution in [0.15, 0.2) is 36.4 Å². The van der Waals surface area contributed by atoms with Crippen molar-refractivity contribution in [2.45, 2.75) is 6.10 Å². The van der Waals surface area contributed by atoms with E-state index in [-0.39, 0.29) is 12.0 Å². The van der Waals surface area contributed by atoms with Gasteiger partial charge in [0.15, 0.2) is 17.8 Å². The average molecular weight is 286 g/mol. The van der Waals surface area contributed by atoms with Crippen molar-refractivity contribution in [2.24, 2.45) is 0 Å². The normalized spacial score (nSPS) is 16.3. The first-order chi connectivity index (χ1) is 10.3. The summed E-state index contributed by atoms with van der Waals surface area (Å²) < 4.78 is 11.3. The fraction of sp³-hybridized carbons (Fsp3) is 0.200. The number of ether oxygens (including phenoxy) is 2. The number of amides is 1. The highest BCUT2D eigenvalue weighted by atomic mass is 16.6. The minimum atomic E-state index is -0.287. The number of para-hydroxylation sites is 2. The molecular formula is C15H14N2O4. The number of rotatable bonds is 4. The lowest BCUT2D eigenvalue weighted by Gasteiger charge is -2.26. The second kappa shape index (κ2) is 5.70. The molecule has 1 atom stereocenters. The van der Waals surface area contributed by atoms with Crippen LogP contribution in [0, 0.1) is 0 Å². The Morgan fingerprint density at radius 1 is 1.29 bits per heavy atom. The second-order valence-corrected chi connectivity index (χ2v) is 4.65. The van der Waals surface area contributed by atoms with Crippen LogP contribution >= 0.6 is 0 Å². The minimum absolute atomic E-state index is 0.246. The molecule has 0 bridgehead atoms. The average Bonchev–Trinajstić information content (AvgIpc) is 3.01. The molecule has 1 amide bonds. The van der Waals surface area contributed by atoms with Crippen molar-refractivity contribution < 1.29 is 19.1 Å². The van der Waals surface area contributed by atoms with Crippen LogP contribution < -0.4 is 14.8 Å². The summed E-state index contributed by atoms with van der Waals surface area (Å²) >= 11 is 0. The Morgan fingerprint density at radius 3 is 2.86 bits per heavy atom. The molecular weight excluding hydrogens is 272 g/mol. The van der Waals surface area contributed by atoms with Crippen molar-refractivity contribution in [3.8, 4) is 11.5 Å². The lowest BCUT2D eigenvalue weighted by Crippen LogP contribution is -2.40. The van der Waals surface area contributed by atoms with Crippen molar-refractivity contribution >= 4 is 12.2 Å². The molecule has 0 aliphatic carbocycles. The lowest BCUT2D eigenvalue weighted by atomic mass is 10.2. The van der Waals surface area contributed by atoms with Gasteiger partial charge < -0.3 is 19.8 Å². The molecule has 6 nitrogen and oxygen atoms in total. The molecule has 0 saturated carbocycles. The first-order valence-electron chi connectivity index (χ1n) is 6.57. The Morgan fingerprint density at radius 2 is 2.10 bits per heavy atom. The number of aromatic nitrogens is 1. The molecule has 0 saturated heterocycles. The van der Waals surface area contributed by atoms with Gasteiger partial charge in [0.25, 0.3) is 5.91 Å². The van der Waals surface area contributed by atoms with E-state index in [1.165, 1.54) is 0 Å². The van der Waals surface area contributed by atoms with Crippen molar-refractivity contribution in [3.63, 3.8) is 0 Å². The molecule has 2 heterocycles. The predicted molar refractivity (Wildman–Crippen MR) is 74.9 cm³/mol. The van der Waals surface area contributed by atoms with E-state index in [2.05, 4.69) is 10.3 Å². The topological polar surface area (TPSA) is 80.4 Å². The zero-order chi connectivity index (χ0) is 14.7. The van der Waals surface area contributed by atoms with E-state index in [0.717, 1.165) is 0 Å². The molecule has 1 aliphatic heterocycles. The van der Waals surface area contributed by atoms with E-state index in [1.807, 2.05) is 24.3 Å². The zero-order valence-corrected chi connectivity index (χ0v) is 11.2. The molecule has 21 heavy (non-hydrogen) atoms. The van der Waals surface area contributed by atoms with Gasteiger partial charge in [0, 0.05) is 0 Å². The van der Waals surface area contributed by atoms with Crippen LogP contribution in [0.5, 0.6) is 11.5 Å². The maximum atomic E-state index is 11.9. The van der Waals surface area contributed by atoms with Crippen LogP contribution in [0.2, 0.25) is 0 Å². The zero-order valence-electron chi connectivity index (χ0n) is 11.2. The number of benzene rings is 1. The summed E-state index contributed by atoms with van der Waals surface area (Å²) in [7, 11) is 0. The summed E-state index contributed by atoms with van der Waals surface area (Å²) in [5.41, 5.74) is 0.709. The van der Waals surface area contributed by atoms with Crippen molar-refractivity contribution in [3.05, 3.63) is 47.8 Å². The summed E-state index contributed by atoms with van der Waals surface area (Å²) in [4.78, 5) is 25.2. The highest BCUT2D eigenvalue weighted by Crippen LogP contribution is 2.30. The van der Waals surface area contributed by atoms with E-state index in [4.69, 9.17) is 9.47 Å². The number of nitrogens with one attached hydrogen (secondary N) is 2. The smallest absolute Gasteiger partial charge is 0.267 e. The lowest BCUT2D eigenvalue weighted by molar-refractivity contribution is 0.0786. The van der Waals surface area contributed by atoms with Crippen LogP contribution in [0.1, 0.15) is 21.0 Å². The Labute approximate surface area is 121 Å². The summed E-state index contributed by atoms with van der Waals surface area (Å²) in [6.45, 7) is 0.699. The SMILES string of the molecule is O=Cc1ccc(C(=O)NCC2COc3ccccc3O2)[nH]1. The fourth-order valence-electron chi connectivity index (χ4n) is 2.08. The van der Waals surface area contributed by atoms with Crippen LogP contribution in [-0.4, -0.2) is 36.4 Å². The van der Waals surface area contributed by atoms with Gasteiger partial charge in [-0.2, -0.15) is 0 Å². The monoisotopic (exact) mass is 286 g/mol. The van der Waals surface area contributed by atoms with Gasteiger partial charge in [-0.3, -0.25) is 9.59 Å². The number of H-pyrrole nitrogens is 1. The van der Waals surface area contributed by atoms with Gasteiger partial charge in [0.05, 0.1) is 12.2 Å². The summed E-state index contributed by atoms with van der Waals surface area (Å²) in [5, 5.41) is 2.75. The van der Waals surface area contributed by atoms with E-state index >= 15 is 0 Å². The quantitative estimate of drug-likeness (QED) is 0.832. The van der Waals surface area contributed by atoms with E-state index in [9.17, 15) is 9.59 Å². The van der Waals surface area contributed by atoms with Crippen molar-refractivity contribution in [1.82, 2.24) is 10.3 Å². The Kier molecular flexibility index (Phi) is 3.59. The van der Waals surface area contributed by atoms with Gasteiger partial charge in [-0.1, -0.05) is 12.1 Å². The number of hydrogen-bond acceptors (Lipinski definition) is 4. The highest BCUT2D eigenvalue weighted by molar-refractivity contribution is 5.93. The summed E-state index contributed by atoms with van der Waals surface area (Å²) in [5.74, 6) is 1.09. The number of carbonyl (C=O) groups excluding carboxylic acids is 2. The molecule has 1 aromatic carbocycles. The molecule has 1 unspecified atom stereocenters. The number of hydrogen-bond donors (Lipinski definition) is 2. The molecule has 2 N–H and O–H groups in total. The number of aldehydes is 1. The molecule has 3 rings (SSSR count). The molecule has 1 aromatic heterocycles. The molecule has 2 aromatic rings. The van der Waals surface area contributed by atoms with Crippen LogP contribution in [-0.2, 0) is 0 Å². The van der Waals surface area contributed by atoms with Gasteiger partial charge in [-0.25, -0.2) is 0 Å². The van der Waals surface area contributed by atoms with E-state index in [1.54, 1.807) is 12.1 Å². The minimum Gasteiger partial charge on any atom is -0.486 e. The maximum Gasteiger partial charge on any atom is 0.267 e. The predicted octanol–water partition coefficient (Wildman–Crippen LogP) is 1.40. The van der Waals surface area contributed by atoms with Crippen molar-refractivity contribution in [2.75, 3.05) is 13.2 Å². The third-order valence-electron chi connectivity index (χ3n) is 3.14. The number of carbonyl (C=O) groups is 2. The maximum absolute atomic E-state index is 11.9. The Balaban J connectivity index is 1.56. The fourth-order valence-corrected chi connectivity index (χ4v) is 2.08. The molecule has 108 valence electrons. The molecule has 6 heteroatoms. The van der Waals surface area contributed by atoms with Crippen LogP contribution in [0.4, 0.5) is 0 Å². The van der Waals surface area contributed by atoms with Crippen molar-refractivity contribution in [1.29, 1.82) is 0 Å². The van der Waals surface area contributed by atoms with Gasteiger partial charge in [-0.05, 0) is 24.3 Å². The molecule has 0 radical (unpaired) electrons. The number of aromatic amines is 1. The first-order valence-corrected chi connectivity index (χ1v) is 6.57. The highest BCUT2D eigenvalue weighted by Gasteiger charge is 2.21. The third-order valence-corrected chi connectivity index (χ3v) is 3.14. The standard InChI is InChI=1S/C15H14N2O4/c18-8-10-5-6-12(17-10)15(19)16-7-11-9-20-13-3-1-2-4-14(13)21-11/h1-6,8,11,17H,7,9H2,(H,16,19). The van der Waals surface area contributed by atoms with Crippen LogP contribution in [0.3, 0.4) is 0 Å². The summed E-state index contributed by atoms with van der Waals surface area (Å²) in [6, 6.07) is 10.5. The van der Waals surface area contributed by atoms with Crippen LogP contribution in [0.25, 0.3) is 0 Å². The molecule has 1 aliphatic rings. The molecule has 0 fully saturated rings. The number of fused-ring (bicyclic) bond motifs is 1. The van der Waals surface area contributed by atoms with Gasteiger partial charge in [0.2, 0.25) is 0 Å². The Hall–Kier alpha value is -2.76. The van der Waals surface area contributed by atoms with E-state index < -0.39 is 0 Å². The summed E-state index contributed by atoms with van der Waals surface area (Å²) in [6.07, 6.45) is 0.413. The second-order valence-electron chi connectivity index (χ2n) is 4.65. The van der Waals surface area contributed by atoms with Gasteiger partial charge >= 0.3 is 0 Å². The van der Waals surface area contributed by atoms with Gasteiger partial charge in [-0.15, -0.1) is 0 Å². The largest absolute Gasteiger partial charge is 0.486 e. The van der Waals surface area contributed by atoms with Gasteiger partial charge in [0.1, 0.15) is 18.4 Å². The molecule has 0 spiro atoms. The first kappa shape index (κ1) is 13.2. The Bertz CT molecular complexity index is 665.